The third-order valence-corrected chi connectivity index (χ3v) is 5.90. The number of benzene rings is 1. The largest absolute Gasteiger partial charge is 0.492 e. The van der Waals surface area contributed by atoms with Crippen LogP contribution in [0.25, 0.3) is 0 Å². The number of hydrogen-bond acceptors (Lipinski definition) is 4. The van der Waals surface area contributed by atoms with Gasteiger partial charge in [-0.15, -0.1) is 0 Å². The first-order chi connectivity index (χ1) is 11.8. The van der Waals surface area contributed by atoms with E-state index < -0.39 is 0 Å². The van der Waals surface area contributed by atoms with Gasteiger partial charge >= 0.3 is 0 Å². The number of amides is 1. The van der Waals surface area contributed by atoms with Crippen LogP contribution in [0.5, 0.6) is 5.75 Å². The third-order valence-electron chi connectivity index (χ3n) is 5.68. The maximum absolute atomic E-state index is 12.1. The highest BCUT2D eigenvalue weighted by Crippen LogP contribution is 2.43. The molecule has 0 saturated carbocycles. The molecule has 2 atom stereocenters. The molecule has 0 spiro atoms. The molecule has 5 nitrogen and oxygen atoms in total. The summed E-state index contributed by atoms with van der Waals surface area (Å²) in [5.74, 6) is 1.15. The summed E-state index contributed by atoms with van der Waals surface area (Å²) in [7, 11) is 1.89. The molecule has 2 saturated heterocycles. The van der Waals surface area contributed by atoms with Gasteiger partial charge in [0, 0.05) is 48.2 Å². The van der Waals surface area contributed by atoms with E-state index in [1.54, 1.807) is 0 Å². The van der Waals surface area contributed by atoms with Crippen LogP contribution in [0.3, 0.4) is 0 Å². The molecule has 2 fully saturated rings. The van der Waals surface area contributed by atoms with Crippen LogP contribution in [0.4, 0.5) is 0 Å². The SMILES string of the molecule is CN1C(=O)CCO[C@H]2CN(Cc3cc(Cl)cc4c3OCC4(C)C)C[C@@H]21. The highest BCUT2D eigenvalue weighted by atomic mass is 35.5. The van der Waals surface area contributed by atoms with E-state index in [-0.39, 0.29) is 23.5 Å². The van der Waals surface area contributed by atoms with Crippen LogP contribution in [-0.2, 0) is 21.5 Å². The van der Waals surface area contributed by atoms with Gasteiger partial charge in [-0.05, 0) is 12.1 Å². The van der Waals surface area contributed by atoms with Gasteiger partial charge in [-0.2, -0.15) is 0 Å². The molecule has 3 heterocycles. The number of likely N-dealkylation sites (tertiary alicyclic amines) is 1. The second-order valence-corrected chi connectivity index (χ2v) is 8.48. The van der Waals surface area contributed by atoms with Gasteiger partial charge in [0.25, 0.3) is 0 Å². The first-order valence-electron chi connectivity index (χ1n) is 8.90. The van der Waals surface area contributed by atoms with Gasteiger partial charge in [0.15, 0.2) is 0 Å². The minimum atomic E-state index is -0.0123. The van der Waals surface area contributed by atoms with E-state index in [0.717, 1.165) is 36.0 Å². The zero-order chi connectivity index (χ0) is 17.8. The molecule has 1 amide bonds. The van der Waals surface area contributed by atoms with E-state index in [1.165, 1.54) is 5.56 Å². The summed E-state index contributed by atoms with van der Waals surface area (Å²) < 4.78 is 11.9. The molecule has 6 heteroatoms. The molecule has 0 aromatic heterocycles. The molecule has 4 rings (SSSR count). The number of ether oxygens (including phenoxy) is 2. The number of fused-ring (bicyclic) bond motifs is 2. The van der Waals surface area contributed by atoms with Crippen molar-refractivity contribution in [2.75, 3.05) is 33.4 Å². The van der Waals surface area contributed by atoms with Crippen molar-refractivity contribution in [3.05, 3.63) is 28.3 Å². The Morgan fingerprint density at radius 2 is 2.12 bits per heavy atom. The smallest absolute Gasteiger partial charge is 0.225 e. The van der Waals surface area contributed by atoms with E-state index in [9.17, 15) is 4.79 Å². The molecule has 0 bridgehead atoms. The fourth-order valence-electron chi connectivity index (χ4n) is 4.17. The van der Waals surface area contributed by atoms with Gasteiger partial charge in [-0.1, -0.05) is 25.4 Å². The average Bonchev–Trinajstić information content (AvgIpc) is 3.04. The molecule has 3 aliphatic rings. The summed E-state index contributed by atoms with van der Waals surface area (Å²) in [6, 6.07) is 4.15. The monoisotopic (exact) mass is 364 g/mol. The predicted molar refractivity (Wildman–Crippen MR) is 96.2 cm³/mol. The molecule has 0 radical (unpaired) electrons. The number of carbonyl (C=O) groups is 1. The van der Waals surface area contributed by atoms with Crippen molar-refractivity contribution in [3.8, 4) is 5.75 Å². The number of hydrogen-bond donors (Lipinski definition) is 0. The zero-order valence-corrected chi connectivity index (χ0v) is 15.8. The Hall–Kier alpha value is -1.30. The van der Waals surface area contributed by atoms with Crippen LogP contribution >= 0.6 is 11.6 Å². The zero-order valence-electron chi connectivity index (χ0n) is 15.0. The van der Waals surface area contributed by atoms with Crippen LogP contribution in [0.1, 0.15) is 31.4 Å². The van der Waals surface area contributed by atoms with Crippen LogP contribution < -0.4 is 4.74 Å². The molecule has 0 N–H and O–H groups in total. The summed E-state index contributed by atoms with van der Waals surface area (Å²) in [5.41, 5.74) is 2.30. The summed E-state index contributed by atoms with van der Waals surface area (Å²) >= 11 is 6.38. The molecule has 1 aromatic carbocycles. The summed E-state index contributed by atoms with van der Waals surface area (Å²) in [6.07, 6.45) is 0.565. The lowest BCUT2D eigenvalue weighted by atomic mass is 9.86. The number of halogens is 1. The molecule has 25 heavy (non-hydrogen) atoms. The lowest BCUT2D eigenvalue weighted by molar-refractivity contribution is -0.131. The third kappa shape index (κ3) is 3.03. The van der Waals surface area contributed by atoms with Gasteiger partial charge in [-0.25, -0.2) is 0 Å². The van der Waals surface area contributed by atoms with Crippen molar-refractivity contribution in [1.29, 1.82) is 0 Å². The van der Waals surface area contributed by atoms with Crippen LogP contribution in [0, 0.1) is 0 Å². The molecule has 0 unspecified atom stereocenters. The maximum Gasteiger partial charge on any atom is 0.225 e. The fourth-order valence-corrected chi connectivity index (χ4v) is 4.41. The molecule has 3 aliphatic heterocycles. The summed E-state index contributed by atoms with van der Waals surface area (Å²) in [6.45, 7) is 7.97. The van der Waals surface area contributed by atoms with Crippen molar-refractivity contribution in [1.82, 2.24) is 9.80 Å². The van der Waals surface area contributed by atoms with Crippen LogP contribution in [0.2, 0.25) is 5.02 Å². The van der Waals surface area contributed by atoms with Crippen LogP contribution in [0.15, 0.2) is 12.1 Å². The van der Waals surface area contributed by atoms with Crippen molar-refractivity contribution in [2.24, 2.45) is 0 Å². The van der Waals surface area contributed by atoms with Gasteiger partial charge in [0.2, 0.25) is 5.91 Å². The van der Waals surface area contributed by atoms with Crippen molar-refractivity contribution in [2.45, 2.75) is 44.4 Å². The Labute approximate surface area is 153 Å². The fraction of sp³-hybridized carbons (Fsp3) is 0.632. The highest BCUT2D eigenvalue weighted by molar-refractivity contribution is 6.30. The topological polar surface area (TPSA) is 42.0 Å². The van der Waals surface area contributed by atoms with Gasteiger partial charge in [0.1, 0.15) is 5.75 Å². The Kier molecular flexibility index (Phi) is 4.21. The average molecular weight is 365 g/mol. The van der Waals surface area contributed by atoms with Crippen LogP contribution in [-0.4, -0.2) is 61.2 Å². The number of carbonyl (C=O) groups excluding carboxylic acids is 1. The lowest BCUT2D eigenvalue weighted by Gasteiger charge is -2.25. The molecule has 0 aliphatic carbocycles. The number of nitrogens with zero attached hydrogens (tertiary/aromatic N) is 2. The van der Waals surface area contributed by atoms with Crippen molar-refractivity contribution in [3.63, 3.8) is 0 Å². The van der Waals surface area contributed by atoms with E-state index in [1.807, 2.05) is 24.1 Å². The molecular weight excluding hydrogens is 340 g/mol. The predicted octanol–water partition coefficient (Wildman–Crippen LogP) is 2.44. The molecule has 136 valence electrons. The Morgan fingerprint density at radius 1 is 1.32 bits per heavy atom. The first-order valence-corrected chi connectivity index (χ1v) is 9.28. The maximum atomic E-state index is 12.1. The summed E-state index contributed by atoms with van der Waals surface area (Å²) in [4.78, 5) is 16.3. The Morgan fingerprint density at radius 3 is 2.92 bits per heavy atom. The standard InChI is InChI=1S/C19H25ClN2O3/c1-19(2)11-25-18-12(6-13(20)7-14(18)19)8-22-9-15-16(10-22)24-5-4-17(23)21(15)3/h6-7,15-16H,4-5,8-11H2,1-3H3/t15-,16-/m0/s1. The minimum Gasteiger partial charge on any atom is -0.492 e. The second kappa shape index (κ2) is 6.15. The summed E-state index contributed by atoms with van der Waals surface area (Å²) in [5, 5.41) is 0.754. The van der Waals surface area contributed by atoms with Gasteiger partial charge in [0.05, 0.1) is 31.8 Å². The Bertz CT molecular complexity index is 706. The van der Waals surface area contributed by atoms with Crippen molar-refractivity contribution < 1.29 is 14.3 Å². The molecule has 1 aromatic rings. The van der Waals surface area contributed by atoms with E-state index in [0.29, 0.717) is 19.6 Å². The minimum absolute atomic E-state index is 0.0123. The van der Waals surface area contributed by atoms with E-state index in [2.05, 4.69) is 18.7 Å². The molecular formula is C19H25ClN2O3. The lowest BCUT2D eigenvalue weighted by Crippen LogP contribution is -2.42. The van der Waals surface area contributed by atoms with Crippen molar-refractivity contribution >= 4 is 17.5 Å². The first kappa shape index (κ1) is 17.1. The quantitative estimate of drug-likeness (QED) is 0.808. The van der Waals surface area contributed by atoms with E-state index in [4.69, 9.17) is 21.1 Å². The second-order valence-electron chi connectivity index (χ2n) is 8.04. The number of rotatable bonds is 2. The van der Waals surface area contributed by atoms with Gasteiger partial charge < -0.3 is 14.4 Å². The normalized spacial score (nSPS) is 28.5. The van der Waals surface area contributed by atoms with E-state index >= 15 is 0 Å². The number of likely N-dealkylation sites (N-methyl/N-ethyl adjacent to an activating group) is 1. The van der Waals surface area contributed by atoms with Gasteiger partial charge in [-0.3, -0.25) is 9.69 Å². The highest BCUT2D eigenvalue weighted by Gasteiger charge is 2.40. The Balaban J connectivity index is 1.56.